The molecule has 2 fully saturated rings. The molecular formula is C14H26N2O4S. The van der Waals surface area contributed by atoms with Crippen molar-refractivity contribution < 1.29 is 18.3 Å². The van der Waals surface area contributed by atoms with Gasteiger partial charge in [-0.1, -0.05) is 0 Å². The third kappa shape index (κ3) is 3.96. The molecule has 122 valence electrons. The zero-order valence-corrected chi connectivity index (χ0v) is 13.5. The number of carbonyl (C=O) groups is 1. The van der Waals surface area contributed by atoms with E-state index in [4.69, 9.17) is 5.11 Å². The highest BCUT2D eigenvalue weighted by Crippen LogP contribution is 2.24. The molecule has 6 nitrogen and oxygen atoms in total. The fraction of sp³-hybridized carbons (Fsp3) is 0.929. The number of carbonyl (C=O) groups excluding carboxylic acids is 1. The van der Waals surface area contributed by atoms with Gasteiger partial charge < -0.3 is 10.0 Å². The highest BCUT2D eigenvalue weighted by atomic mass is 32.2. The van der Waals surface area contributed by atoms with Gasteiger partial charge in [-0.2, -0.15) is 0 Å². The molecule has 2 rings (SSSR count). The standard InChI is InChI=1S/C14H26N2O4S/c1-2-21(19,20)16-9-5-13(6-10-16)14(18)15-7-3-12(11-17)4-8-15/h12-13,17H,2-11H2,1H3. The maximum Gasteiger partial charge on any atom is 0.225 e. The molecule has 0 radical (unpaired) electrons. The molecule has 7 heteroatoms. The van der Waals surface area contributed by atoms with Gasteiger partial charge in [-0.3, -0.25) is 4.79 Å². The molecule has 2 aliphatic heterocycles. The fourth-order valence-corrected chi connectivity index (χ4v) is 4.29. The highest BCUT2D eigenvalue weighted by molar-refractivity contribution is 7.89. The van der Waals surface area contributed by atoms with Crippen LogP contribution in [0.15, 0.2) is 0 Å². The number of likely N-dealkylation sites (tertiary alicyclic amines) is 1. The van der Waals surface area contributed by atoms with Crippen LogP contribution in [0.5, 0.6) is 0 Å². The molecule has 0 aliphatic carbocycles. The fourth-order valence-electron chi connectivity index (χ4n) is 3.16. The van der Waals surface area contributed by atoms with Gasteiger partial charge in [-0.15, -0.1) is 0 Å². The summed E-state index contributed by atoms with van der Waals surface area (Å²) in [6.45, 7) is 4.21. The maximum absolute atomic E-state index is 12.5. The molecule has 1 amide bonds. The number of aliphatic hydroxyl groups excluding tert-OH is 1. The van der Waals surface area contributed by atoms with Crippen LogP contribution >= 0.6 is 0 Å². The van der Waals surface area contributed by atoms with E-state index in [1.807, 2.05) is 4.90 Å². The van der Waals surface area contributed by atoms with Crippen LogP contribution in [0, 0.1) is 11.8 Å². The lowest BCUT2D eigenvalue weighted by molar-refractivity contribution is -0.138. The Morgan fingerprint density at radius 3 is 2.14 bits per heavy atom. The number of amides is 1. The van der Waals surface area contributed by atoms with Crippen molar-refractivity contribution in [3.05, 3.63) is 0 Å². The summed E-state index contributed by atoms with van der Waals surface area (Å²) >= 11 is 0. The smallest absolute Gasteiger partial charge is 0.225 e. The van der Waals surface area contributed by atoms with Crippen molar-refractivity contribution in [2.24, 2.45) is 11.8 Å². The number of hydrogen-bond acceptors (Lipinski definition) is 4. The van der Waals surface area contributed by atoms with E-state index < -0.39 is 10.0 Å². The van der Waals surface area contributed by atoms with Crippen molar-refractivity contribution in [3.8, 4) is 0 Å². The Balaban J connectivity index is 1.84. The van der Waals surface area contributed by atoms with E-state index in [0.717, 1.165) is 25.9 Å². The Kier molecular flexibility index (Phi) is 5.62. The summed E-state index contributed by atoms with van der Waals surface area (Å²) in [4.78, 5) is 14.4. The Morgan fingerprint density at radius 1 is 1.10 bits per heavy atom. The van der Waals surface area contributed by atoms with Crippen LogP contribution in [0.2, 0.25) is 0 Å². The number of sulfonamides is 1. The van der Waals surface area contributed by atoms with Crippen LogP contribution in [0.25, 0.3) is 0 Å². The Labute approximate surface area is 127 Å². The van der Waals surface area contributed by atoms with Crippen LogP contribution < -0.4 is 0 Å². The second-order valence-corrected chi connectivity index (χ2v) is 8.28. The van der Waals surface area contributed by atoms with Gasteiger partial charge in [0.1, 0.15) is 0 Å². The first-order valence-corrected chi connectivity index (χ1v) is 9.46. The largest absolute Gasteiger partial charge is 0.396 e. The first-order valence-electron chi connectivity index (χ1n) is 7.85. The van der Waals surface area contributed by atoms with Crippen molar-refractivity contribution in [2.45, 2.75) is 32.6 Å². The Bertz CT molecular complexity index is 450. The number of rotatable bonds is 4. The van der Waals surface area contributed by atoms with E-state index in [9.17, 15) is 13.2 Å². The monoisotopic (exact) mass is 318 g/mol. The van der Waals surface area contributed by atoms with Gasteiger partial charge in [0, 0.05) is 38.7 Å². The number of nitrogens with zero attached hydrogens (tertiary/aromatic N) is 2. The average Bonchev–Trinajstić information content (AvgIpc) is 2.54. The molecule has 0 aromatic rings. The summed E-state index contributed by atoms with van der Waals surface area (Å²) in [5.41, 5.74) is 0. The molecule has 2 saturated heterocycles. The normalized spacial score (nSPS) is 23.4. The quantitative estimate of drug-likeness (QED) is 0.807. The summed E-state index contributed by atoms with van der Waals surface area (Å²) in [5.74, 6) is 0.574. The third-order valence-corrected chi connectivity index (χ3v) is 6.63. The van der Waals surface area contributed by atoms with Crippen molar-refractivity contribution in [3.63, 3.8) is 0 Å². The number of aliphatic hydroxyl groups is 1. The van der Waals surface area contributed by atoms with Crippen molar-refractivity contribution >= 4 is 15.9 Å². The lowest BCUT2D eigenvalue weighted by Crippen LogP contribution is -2.47. The molecule has 0 atom stereocenters. The molecule has 2 heterocycles. The zero-order chi connectivity index (χ0) is 15.5. The van der Waals surface area contributed by atoms with Gasteiger partial charge in [-0.05, 0) is 38.5 Å². The molecule has 0 saturated carbocycles. The van der Waals surface area contributed by atoms with Gasteiger partial charge in [0.15, 0.2) is 0 Å². The van der Waals surface area contributed by atoms with Crippen molar-refractivity contribution in [2.75, 3.05) is 38.5 Å². The zero-order valence-electron chi connectivity index (χ0n) is 12.7. The summed E-state index contributed by atoms with van der Waals surface area (Å²) in [7, 11) is -3.13. The summed E-state index contributed by atoms with van der Waals surface area (Å²) in [6.07, 6.45) is 2.98. The topological polar surface area (TPSA) is 77.9 Å². The molecule has 0 unspecified atom stereocenters. The van der Waals surface area contributed by atoms with Crippen LogP contribution in [0.1, 0.15) is 32.6 Å². The molecule has 0 aromatic carbocycles. The first kappa shape index (κ1) is 16.7. The predicted octanol–water partition coefficient (Wildman–Crippen LogP) is 0.279. The first-order chi connectivity index (χ1) is 9.97. The van der Waals surface area contributed by atoms with E-state index >= 15 is 0 Å². The summed E-state index contributed by atoms with van der Waals surface area (Å²) in [5, 5.41) is 9.13. The average molecular weight is 318 g/mol. The molecule has 21 heavy (non-hydrogen) atoms. The maximum atomic E-state index is 12.5. The summed E-state index contributed by atoms with van der Waals surface area (Å²) < 4.78 is 25.1. The van der Waals surface area contributed by atoms with Crippen LogP contribution in [-0.4, -0.2) is 67.2 Å². The second kappa shape index (κ2) is 7.07. The molecule has 2 aliphatic rings. The van der Waals surface area contributed by atoms with E-state index in [0.29, 0.717) is 31.8 Å². The minimum absolute atomic E-state index is 0.0426. The lowest BCUT2D eigenvalue weighted by atomic mass is 9.93. The Hall–Kier alpha value is -0.660. The van der Waals surface area contributed by atoms with E-state index in [2.05, 4.69) is 0 Å². The minimum Gasteiger partial charge on any atom is -0.396 e. The number of hydrogen-bond donors (Lipinski definition) is 1. The van der Waals surface area contributed by atoms with E-state index in [1.54, 1.807) is 6.92 Å². The van der Waals surface area contributed by atoms with Crippen LogP contribution in [0.4, 0.5) is 0 Å². The molecule has 0 aromatic heterocycles. The third-order valence-electron chi connectivity index (χ3n) is 4.75. The predicted molar refractivity (Wildman–Crippen MR) is 80.1 cm³/mol. The molecule has 0 spiro atoms. The number of piperidine rings is 2. The van der Waals surface area contributed by atoms with Crippen molar-refractivity contribution in [1.29, 1.82) is 0 Å². The lowest BCUT2D eigenvalue weighted by Gasteiger charge is -2.36. The van der Waals surface area contributed by atoms with Crippen LogP contribution in [-0.2, 0) is 14.8 Å². The second-order valence-electron chi connectivity index (χ2n) is 6.03. The van der Waals surface area contributed by atoms with E-state index in [1.165, 1.54) is 4.31 Å². The SMILES string of the molecule is CCS(=O)(=O)N1CCC(C(=O)N2CCC(CO)CC2)CC1. The van der Waals surface area contributed by atoms with Gasteiger partial charge >= 0.3 is 0 Å². The van der Waals surface area contributed by atoms with Gasteiger partial charge in [0.25, 0.3) is 0 Å². The summed E-state index contributed by atoms with van der Waals surface area (Å²) in [6, 6.07) is 0. The molecule has 1 N–H and O–H groups in total. The molecular weight excluding hydrogens is 292 g/mol. The van der Waals surface area contributed by atoms with Crippen LogP contribution in [0.3, 0.4) is 0 Å². The Morgan fingerprint density at radius 2 is 1.67 bits per heavy atom. The minimum atomic E-state index is -3.13. The van der Waals surface area contributed by atoms with Gasteiger partial charge in [-0.25, -0.2) is 12.7 Å². The van der Waals surface area contributed by atoms with Crippen molar-refractivity contribution in [1.82, 2.24) is 9.21 Å². The van der Waals surface area contributed by atoms with Gasteiger partial charge in [0.05, 0.1) is 5.75 Å². The molecule has 0 bridgehead atoms. The highest BCUT2D eigenvalue weighted by Gasteiger charge is 2.33. The van der Waals surface area contributed by atoms with Gasteiger partial charge in [0.2, 0.25) is 15.9 Å². The van der Waals surface area contributed by atoms with E-state index in [-0.39, 0.29) is 24.2 Å².